The van der Waals surface area contributed by atoms with Crippen molar-refractivity contribution in [2.75, 3.05) is 31.1 Å². The predicted molar refractivity (Wildman–Crippen MR) is 81.4 cm³/mol. The number of aliphatic carboxylic acids is 1. The summed E-state index contributed by atoms with van der Waals surface area (Å²) in [5.74, 6) is -0.237. The number of amides is 1. The Morgan fingerprint density at radius 2 is 1.95 bits per heavy atom. The second kappa shape index (κ2) is 8.24. The molecule has 0 aromatic carbocycles. The standard InChI is InChI=1S/C15H23N3O3/c1-4-17(5-2)13(19)11-18(10-8-14(20)21)15-12(3)7-6-9-16-15/h6-7,9H,4-5,8,10-11H2,1-3H3,(H,20,21). The van der Waals surface area contributed by atoms with Crippen molar-refractivity contribution >= 4 is 17.7 Å². The van der Waals surface area contributed by atoms with Crippen LogP contribution in [0.5, 0.6) is 0 Å². The van der Waals surface area contributed by atoms with Crippen LogP contribution < -0.4 is 4.90 Å². The second-order valence-electron chi connectivity index (χ2n) is 4.78. The van der Waals surface area contributed by atoms with Crippen molar-refractivity contribution in [1.82, 2.24) is 9.88 Å². The van der Waals surface area contributed by atoms with E-state index in [9.17, 15) is 9.59 Å². The van der Waals surface area contributed by atoms with Gasteiger partial charge >= 0.3 is 5.97 Å². The monoisotopic (exact) mass is 293 g/mol. The quantitative estimate of drug-likeness (QED) is 0.787. The summed E-state index contributed by atoms with van der Waals surface area (Å²) in [5, 5.41) is 8.87. The maximum absolute atomic E-state index is 12.3. The number of aromatic nitrogens is 1. The zero-order valence-electron chi connectivity index (χ0n) is 12.9. The Bertz CT molecular complexity index is 487. The molecule has 1 aromatic rings. The van der Waals surface area contributed by atoms with Crippen LogP contribution >= 0.6 is 0 Å². The molecule has 0 saturated heterocycles. The fourth-order valence-corrected chi connectivity index (χ4v) is 2.14. The molecule has 0 spiro atoms. The van der Waals surface area contributed by atoms with Crippen molar-refractivity contribution in [3.8, 4) is 0 Å². The van der Waals surface area contributed by atoms with E-state index in [1.807, 2.05) is 32.9 Å². The number of carbonyl (C=O) groups is 2. The molecule has 0 aliphatic carbocycles. The van der Waals surface area contributed by atoms with E-state index >= 15 is 0 Å². The van der Waals surface area contributed by atoms with Crippen LogP contribution in [0.3, 0.4) is 0 Å². The minimum atomic E-state index is -0.885. The highest BCUT2D eigenvalue weighted by molar-refractivity contribution is 5.81. The lowest BCUT2D eigenvalue weighted by Crippen LogP contribution is -2.41. The third-order valence-corrected chi connectivity index (χ3v) is 3.32. The van der Waals surface area contributed by atoms with E-state index in [4.69, 9.17) is 5.11 Å². The van der Waals surface area contributed by atoms with Crippen LogP contribution in [-0.4, -0.2) is 53.0 Å². The van der Waals surface area contributed by atoms with Crippen LogP contribution in [0.15, 0.2) is 18.3 Å². The van der Waals surface area contributed by atoms with Crippen molar-refractivity contribution in [2.45, 2.75) is 27.2 Å². The highest BCUT2D eigenvalue weighted by Gasteiger charge is 2.18. The molecule has 0 atom stereocenters. The fourth-order valence-electron chi connectivity index (χ4n) is 2.14. The molecule has 116 valence electrons. The maximum atomic E-state index is 12.3. The van der Waals surface area contributed by atoms with E-state index in [0.29, 0.717) is 18.9 Å². The molecule has 1 N–H and O–H groups in total. The third-order valence-electron chi connectivity index (χ3n) is 3.32. The number of carbonyl (C=O) groups excluding carboxylic acids is 1. The topological polar surface area (TPSA) is 73.7 Å². The molecule has 0 aliphatic rings. The van der Waals surface area contributed by atoms with Crippen LogP contribution in [0, 0.1) is 6.92 Å². The van der Waals surface area contributed by atoms with Gasteiger partial charge in [-0.3, -0.25) is 9.59 Å². The summed E-state index contributed by atoms with van der Waals surface area (Å²) in [6, 6.07) is 3.72. The normalized spacial score (nSPS) is 10.2. The van der Waals surface area contributed by atoms with Gasteiger partial charge in [-0.1, -0.05) is 6.07 Å². The van der Waals surface area contributed by atoms with Crippen molar-refractivity contribution in [1.29, 1.82) is 0 Å². The van der Waals surface area contributed by atoms with E-state index in [1.165, 1.54) is 0 Å². The van der Waals surface area contributed by atoms with Gasteiger partial charge in [0.2, 0.25) is 5.91 Å². The van der Waals surface area contributed by atoms with Crippen LogP contribution in [0.2, 0.25) is 0 Å². The highest BCUT2D eigenvalue weighted by atomic mass is 16.4. The van der Waals surface area contributed by atoms with E-state index in [-0.39, 0.29) is 25.4 Å². The van der Waals surface area contributed by atoms with Crippen LogP contribution in [-0.2, 0) is 9.59 Å². The number of pyridine rings is 1. The summed E-state index contributed by atoms with van der Waals surface area (Å²) in [5.41, 5.74) is 0.926. The average Bonchev–Trinajstić information content (AvgIpc) is 2.45. The molecule has 0 bridgehead atoms. The molecule has 6 heteroatoms. The number of carboxylic acids is 1. The summed E-state index contributed by atoms with van der Waals surface area (Å²) in [4.78, 5) is 30.8. The number of hydrogen-bond acceptors (Lipinski definition) is 4. The number of carboxylic acid groups (broad SMARTS) is 1. The van der Waals surface area contributed by atoms with Gasteiger partial charge in [0.25, 0.3) is 0 Å². The SMILES string of the molecule is CCN(CC)C(=O)CN(CCC(=O)O)c1ncccc1C. The minimum absolute atomic E-state index is 0.0181. The molecule has 21 heavy (non-hydrogen) atoms. The maximum Gasteiger partial charge on any atom is 0.305 e. The summed E-state index contributed by atoms with van der Waals surface area (Å²) in [7, 11) is 0. The number of hydrogen-bond donors (Lipinski definition) is 1. The lowest BCUT2D eigenvalue weighted by Gasteiger charge is -2.27. The van der Waals surface area contributed by atoms with Crippen LogP contribution in [0.1, 0.15) is 25.8 Å². The molecule has 1 amide bonds. The number of likely N-dealkylation sites (N-methyl/N-ethyl adjacent to an activating group) is 1. The van der Waals surface area contributed by atoms with Crippen molar-refractivity contribution < 1.29 is 14.7 Å². The van der Waals surface area contributed by atoms with Gasteiger partial charge in [0.15, 0.2) is 0 Å². The second-order valence-corrected chi connectivity index (χ2v) is 4.78. The minimum Gasteiger partial charge on any atom is -0.481 e. The first-order valence-electron chi connectivity index (χ1n) is 7.15. The van der Waals surface area contributed by atoms with Gasteiger partial charge in [-0.25, -0.2) is 4.98 Å². The highest BCUT2D eigenvalue weighted by Crippen LogP contribution is 2.16. The van der Waals surface area contributed by atoms with Gasteiger partial charge in [-0.15, -0.1) is 0 Å². The molecule has 1 aromatic heterocycles. The predicted octanol–water partition coefficient (Wildman–Crippen LogP) is 1.54. The Labute approximate surface area is 125 Å². The summed E-state index contributed by atoms with van der Waals surface area (Å²) in [6.07, 6.45) is 1.62. The van der Waals surface area contributed by atoms with Gasteiger partial charge < -0.3 is 14.9 Å². The molecule has 0 unspecified atom stereocenters. The van der Waals surface area contributed by atoms with Crippen molar-refractivity contribution in [3.05, 3.63) is 23.9 Å². The fraction of sp³-hybridized carbons (Fsp3) is 0.533. The Morgan fingerprint density at radius 1 is 1.29 bits per heavy atom. The number of anilines is 1. The first-order chi connectivity index (χ1) is 9.99. The molecular formula is C15H23N3O3. The molecule has 0 saturated carbocycles. The first-order valence-corrected chi connectivity index (χ1v) is 7.15. The Balaban J connectivity index is 2.90. The molecule has 0 aliphatic heterocycles. The third kappa shape index (κ3) is 5.06. The summed E-state index contributed by atoms with van der Waals surface area (Å²) >= 11 is 0. The first kappa shape index (κ1) is 16.9. The van der Waals surface area contributed by atoms with E-state index in [0.717, 1.165) is 5.56 Å². The van der Waals surface area contributed by atoms with Crippen molar-refractivity contribution in [3.63, 3.8) is 0 Å². The molecular weight excluding hydrogens is 270 g/mol. The van der Waals surface area contributed by atoms with Gasteiger partial charge in [0.1, 0.15) is 5.82 Å². The number of aryl methyl sites for hydroxylation is 1. The zero-order chi connectivity index (χ0) is 15.8. The largest absolute Gasteiger partial charge is 0.481 e. The average molecular weight is 293 g/mol. The van der Waals surface area contributed by atoms with Gasteiger partial charge in [0.05, 0.1) is 13.0 Å². The lowest BCUT2D eigenvalue weighted by molar-refractivity contribution is -0.137. The summed E-state index contributed by atoms with van der Waals surface area (Å²) < 4.78 is 0. The zero-order valence-corrected chi connectivity index (χ0v) is 12.9. The van der Waals surface area contributed by atoms with E-state index in [2.05, 4.69) is 4.98 Å². The number of rotatable bonds is 8. The Morgan fingerprint density at radius 3 is 2.48 bits per heavy atom. The number of nitrogens with zero attached hydrogens (tertiary/aromatic N) is 3. The van der Waals surface area contributed by atoms with Crippen LogP contribution in [0.4, 0.5) is 5.82 Å². The van der Waals surface area contributed by atoms with E-state index in [1.54, 1.807) is 16.0 Å². The Hall–Kier alpha value is -2.11. The molecule has 6 nitrogen and oxygen atoms in total. The molecule has 0 fully saturated rings. The summed E-state index contributed by atoms with van der Waals surface area (Å²) in [6.45, 7) is 7.45. The molecule has 1 rings (SSSR count). The van der Waals surface area contributed by atoms with Gasteiger partial charge in [-0.2, -0.15) is 0 Å². The van der Waals surface area contributed by atoms with Crippen molar-refractivity contribution in [2.24, 2.45) is 0 Å². The van der Waals surface area contributed by atoms with Gasteiger partial charge in [-0.05, 0) is 32.4 Å². The Kier molecular flexibility index (Phi) is 6.65. The smallest absolute Gasteiger partial charge is 0.305 e. The molecule has 0 radical (unpaired) electrons. The van der Waals surface area contributed by atoms with E-state index < -0.39 is 5.97 Å². The lowest BCUT2D eigenvalue weighted by atomic mass is 10.2. The van der Waals surface area contributed by atoms with Gasteiger partial charge in [0, 0.05) is 25.8 Å². The molecule has 1 heterocycles. The van der Waals surface area contributed by atoms with Crippen LogP contribution in [0.25, 0.3) is 0 Å².